The molecule has 0 bridgehead atoms. The highest BCUT2D eigenvalue weighted by Gasteiger charge is 2.21. The Balaban J connectivity index is 2.33. The summed E-state index contributed by atoms with van der Waals surface area (Å²) in [5.41, 5.74) is 6.09. The van der Waals surface area contributed by atoms with E-state index in [1.54, 1.807) is 17.0 Å². The Bertz CT molecular complexity index is 831. The quantitative estimate of drug-likeness (QED) is 0.710. The number of nitrogens with two attached hydrogens (primary N) is 1. The van der Waals surface area contributed by atoms with Gasteiger partial charge in [0.2, 0.25) is 5.75 Å². The molecule has 0 heterocycles. The third-order valence-electron chi connectivity index (χ3n) is 4.00. The molecule has 7 nitrogen and oxygen atoms in total. The second kappa shape index (κ2) is 9.59. The van der Waals surface area contributed by atoms with Crippen LogP contribution in [-0.2, 0) is 11.3 Å². The number of carbonyl (C=O) groups excluding carboxylic acids is 2. The van der Waals surface area contributed by atoms with Gasteiger partial charge in [0.15, 0.2) is 18.1 Å². The lowest BCUT2D eigenvalue weighted by atomic mass is 10.1. The summed E-state index contributed by atoms with van der Waals surface area (Å²) in [5, 5.41) is 0. The molecule has 0 aliphatic heterocycles. The molecule has 150 valence electrons. The van der Waals surface area contributed by atoms with E-state index in [0.717, 1.165) is 0 Å². The zero-order chi connectivity index (χ0) is 20.7. The summed E-state index contributed by atoms with van der Waals surface area (Å²) in [6.45, 7) is 2.13. The predicted molar refractivity (Wildman–Crippen MR) is 101 cm³/mol. The van der Waals surface area contributed by atoms with Gasteiger partial charge in [0.1, 0.15) is 5.82 Å². The molecule has 0 saturated carbocycles. The number of benzene rings is 2. The summed E-state index contributed by atoms with van der Waals surface area (Å²) in [4.78, 5) is 25.5. The van der Waals surface area contributed by atoms with E-state index in [-0.39, 0.29) is 42.1 Å². The molecule has 2 aromatic rings. The van der Waals surface area contributed by atoms with Crippen molar-refractivity contribution in [3.8, 4) is 17.2 Å². The summed E-state index contributed by atoms with van der Waals surface area (Å²) in [6, 6.07) is 9.08. The molecule has 0 saturated heterocycles. The maximum atomic E-state index is 13.4. The fourth-order valence-electron chi connectivity index (χ4n) is 2.65. The Labute approximate surface area is 162 Å². The van der Waals surface area contributed by atoms with Crippen LogP contribution in [0.3, 0.4) is 0 Å². The van der Waals surface area contributed by atoms with Crippen molar-refractivity contribution in [2.24, 2.45) is 5.73 Å². The van der Waals surface area contributed by atoms with Crippen molar-refractivity contribution in [3.05, 3.63) is 53.3 Å². The van der Waals surface area contributed by atoms with Crippen molar-refractivity contribution in [1.29, 1.82) is 0 Å². The van der Waals surface area contributed by atoms with E-state index in [4.69, 9.17) is 19.9 Å². The van der Waals surface area contributed by atoms with Crippen LogP contribution in [0.25, 0.3) is 0 Å². The Morgan fingerprint density at radius 2 is 1.75 bits per heavy atom. The van der Waals surface area contributed by atoms with E-state index in [9.17, 15) is 14.0 Å². The van der Waals surface area contributed by atoms with Crippen LogP contribution in [0.2, 0.25) is 0 Å². The van der Waals surface area contributed by atoms with Crippen LogP contribution in [0.15, 0.2) is 36.4 Å². The van der Waals surface area contributed by atoms with Crippen molar-refractivity contribution in [3.63, 3.8) is 0 Å². The van der Waals surface area contributed by atoms with Crippen LogP contribution in [-0.4, -0.2) is 44.1 Å². The Kier molecular flexibility index (Phi) is 7.20. The molecular weight excluding hydrogens is 367 g/mol. The predicted octanol–water partition coefficient (Wildman–Crippen LogP) is 2.37. The first-order chi connectivity index (χ1) is 13.4. The first-order valence-electron chi connectivity index (χ1n) is 8.60. The zero-order valence-electron chi connectivity index (χ0n) is 16.0. The van der Waals surface area contributed by atoms with Crippen LogP contribution in [0.4, 0.5) is 4.39 Å². The van der Waals surface area contributed by atoms with E-state index < -0.39 is 5.91 Å². The molecule has 0 unspecified atom stereocenters. The highest BCUT2D eigenvalue weighted by molar-refractivity contribution is 5.95. The molecule has 8 heteroatoms. The molecule has 2 rings (SSSR count). The van der Waals surface area contributed by atoms with E-state index in [0.29, 0.717) is 17.7 Å². The summed E-state index contributed by atoms with van der Waals surface area (Å²) < 4.78 is 29.3. The van der Waals surface area contributed by atoms with E-state index >= 15 is 0 Å². The average Bonchev–Trinajstić information content (AvgIpc) is 2.69. The van der Waals surface area contributed by atoms with Crippen LogP contribution >= 0.6 is 0 Å². The lowest BCUT2D eigenvalue weighted by Crippen LogP contribution is -2.30. The number of ether oxygens (including phenoxy) is 3. The Morgan fingerprint density at radius 3 is 2.25 bits per heavy atom. The van der Waals surface area contributed by atoms with Crippen molar-refractivity contribution in [2.75, 3.05) is 27.4 Å². The first kappa shape index (κ1) is 21.0. The molecule has 2 amide bonds. The number of hydrogen-bond donors (Lipinski definition) is 1. The van der Waals surface area contributed by atoms with Crippen molar-refractivity contribution >= 4 is 11.8 Å². The number of hydrogen-bond acceptors (Lipinski definition) is 5. The number of amides is 2. The minimum Gasteiger partial charge on any atom is -0.493 e. The van der Waals surface area contributed by atoms with Gasteiger partial charge in [-0.3, -0.25) is 9.59 Å². The van der Waals surface area contributed by atoms with Gasteiger partial charge in [0.25, 0.3) is 11.8 Å². The molecule has 0 aliphatic carbocycles. The number of methoxy groups -OCH3 is 2. The highest BCUT2D eigenvalue weighted by atomic mass is 19.1. The lowest BCUT2D eigenvalue weighted by Gasteiger charge is -2.22. The van der Waals surface area contributed by atoms with Crippen LogP contribution in [0.5, 0.6) is 17.2 Å². The molecule has 28 heavy (non-hydrogen) atoms. The maximum absolute atomic E-state index is 13.4. The molecule has 0 radical (unpaired) electrons. The Hall–Kier alpha value is -3.29. The Morgan fingerprint density at radius 1 is 1.11 bits per heavy atom. The van der Waals surface area contributed by atoms with Gasteiger partial charge in [0, 0.05) is 18.7 Å². The van der Waals surface area contributed by atoms with Crippen LogP contribution in [0, 0.1) is 5.82 Å². The van der Waals surface area contributed by atoms with Gasteiger partial charge < -0.3 is 24.8 Å². The second-order valence-electron chi connectivity index (χ2n) is 5.91. The fraction of sp³-hybridized carbons (Fsp3) is 0.300. The SMILES string of the molecule is CCN(Cc1cccc(F)c1)C(=O)c1cc(OC)c(OCC(N)=O)c(OC)c1. The van der Waals surface area contributed by atoms with E-state index in [2.05, 4.69) is 0 Å². The molecule has 0 aliphatic rings. The van der Waals surface area contributed by atoms with Gasteiger partial charge in [-0.15, -0.1) is 0 Å². The monoisotopic (exact) mass is 390 g/mol. The maximum Gasteiger partial charge on any atom is 0.255 e. The number of carbonyl (C=O) groups is 2. The normalized spacial score (nSPS) is 10.3. The molecule has 2 aromatic carbocycles. The van der Waals surface area contributed by atoms with E-state index in [1.807, 2.05) is 6.92 Å². The van der Waals surface area contributed by atoms with Crippen LogP contribution < -0.4 is 19.9 Å². The second-order valence-corrected chi connectivity index (χ2v) is 5.91. The van der Waals surface area contributed by atoms with Gasteiger partial charge in [-0.25, -0.2) is 4.39 Å². The minimum absolute atomic E-state index is 0.175. The number of nitrogens with zero attached hydrogens (tertiary/aromatic N) is 1. The molecule has 0 fully saturated rings. The van der Waals surface area contributed by atoms with Crippen molar-refractivity contribution < 1.29 is 28.2 Å². The van der Waals surface area contributed by atoms with Gasteiger partial charge in [-0.1, -0.05) is 12.1 Å². The smallest absolute Gasteiger partial charge is 0.255 e. The van der Waals surface area contributed by atoms with Crippen LogP contribution in [0.1, 0.15) is 22.8 Å². The van der Waals surface area contributed by atoms with Crippen molar-refractivity contribution in [2.45, 2.75) is 13.5 Å². The van der Waals surface area contributed by atoms with Gasteiger partial charge >= 0.3 is 0 Å². The standard InChI is InChI=1S/C20H23FN2O5/c1-4-23(11-13-6-5-7-15(21)8-13)20(25)14-9-16(26-2)19(17(10-14)27-3)28-12-18(22)24/h5-10H,4,11-12H2,1-3H3,(H2,22,24). The first-order valence-corrected chi connectivity index (χ1v) is 8.60. The minimum atomic E-state index is -0.656. The highest BCUT2D eigenvalue weighted by Crippen LogP contribution is 2.39. The number of primary amides is 1. The fourth-order valence-corrected chi connectivity index (χ4v) is 2.65. The summed E-state index contributed by atoms with van der Waals surface area (Å²) in [7, 11) is 2.81. The summed E-state index contributed by atoms with van der Waals surface area (Å²) >= 11 is 0. The zero-order valence-corrected chi connectivity index (χ0v) is 16.0. The lowest BCUT2D eigenvalue weighted by molar-refractivity contribution is -0.120. The summed E-state index contributed by atoms with van der Waals surface area (Å²) in [6.07, 6.45) is 0. The molecule has 0 atom stereocenters. The van der Waals surface area contributed by atoms with Gasteiger partial charge in [-0.2, -0.15) is 0 Å². The third kappa shape index (κ3) is 5.12. The number of rotatable bonds is 9. The van der Waals surface area contributed by atoms with Gasteiger partial charge in [0.05, 0.1) is 14.2 Å². The third-order valence-corrected chi connectivity index (χ3v) is 4.00. The molecule has 0 spiro atoms. The summed E-state index contributed by atoms with van der Waals surface area (Å²) in [5.74, 6) is -0.674. The van der Waals surface area contributed by atoms with Gasteiger partial charge in [-0.05, 0) is 36.8 Å². The number of halogens is 1. The molecule has 0 aromatic heterocycles. The van der Waals surface area contributed by atoms with E-state index in [1.165, 1.54) is 38.5 Å². The molecule has 2 N–H and O–H groups in total. The molecular formula is C20H23FN2O5. The topological polar surface area (TPSA) is 91.1 Å². The largest absolute Gasteiger partial charge is 0.493 e. The van der Waals surface area contributed by atoms with Crippen molar-refractivity contribution in [1.82, 2.24) is 4.90 Å². The average molecular weight is 390 g/mol.